The fourth-order valence-electron chi connectivity index (χ4n) is 3.27. The van der Waals surface area contributed by atoms with Crippen molar-refractivity contribution < 1.29 is 43.8 Å². The molecule has 2 aromatic rings. The molecule has 0 spiro atoms. The monoisotopic (exact) mass is 528 g/mol. The minimum atomic E-state index is -1.14. The SMILES string of the molecule is CC1=C(C(=O)O)N2C(=O)[C@@H](NC(=O)CCC(=O)[c-]3[cH-][cH-][cH-][cH-]3)[C@H]2SC1.[Ru].c1cc[cH-]c1. The van der Waals surface area contributed by atoms with Crippen LogP contribution >= 0.6 is 11.8 Å². The van der Waals surface area contributed by atoms with Crippen LogP contribution in [-0.2, 0) is 33.9 Å². The average Bonchev–Trinajstić information content (AvgIpc) is 3.46. The zero-order valence-corrected chi connectivity index (χ0v) is 19.3. The second-order valence-electron chi connectivity index (χ2n) is 6.95. The van der Waals surface area contributed by atoms with Crippen LogP contribution in [0, 0.1) is 0 Å². The molecule has 0 aliphatic carbocycles. The van der Waals surface area contributed by atoms with Crippen molar-refractivity contribution in [2.45, 2.75) is 31.2 Å². The number of carbonyl (C=O) groups is 4. The summed E-state index contributed by atoms with van der Waals surface area (Å²) in [5, 5.41) is 11.5. The van der Waals surface area contributed by atoms with Gasteiger partial charge in [0.15, 0.2) is 0 Å². The van der Waals surface area contributed by atoms with Crippen LogP contribution in [0.1, 0.15) is 30.1 Å². The summed E-state index contributed by atoms with van der Waals surface area (Å²) in [6.45, 7) is 1.68. The van der Waals surface area contributed by atoms with E-state index >= 15 is 0 Å². The smallest absolute Gasteiger partial charge is 0.352 e. The van der Waals surface area contributed by atoms with Crippen molar-refractivity contribution >= 4 is 35.3 Å². The normalized spacial score (nSPS) is 19.3. The molecule has 31 heavy (non-hydrogen) atoms. The Hall–Kier alpha value is -2.51. The van der Waals surface area contributed by atoms with Gasteiger partial charge in [0, 0.05) is 31.7 Å². The minimum absolute atomic E-state index is 0. The number of rotatable bonds is 6. The summed E-state index contributed by atoms with van der Waals surface area (Å²) in [5.74, 6) is -1.58. The molecule has 1 saturated heterocycles. The van der Waals surface area contributed by atoms with Crippen LogP contribution in [0.15, 0.2) is 65.9 Å². The number of thioether (sulfide) groups is 1. The first-order valence-electron chi connectivity index (χ1n) is 9.49. The third-order valence-corrected chi connectivity index (χ3v) is 6.22. The van der Waals surface area contributed by atoms with Crippen molar-refractivity contribution in [3.8, 4) is 0 Å². The maximum Gasteiger partial charge on any atom is 0.352 e. The van der Waals surface area contributed by atoms with Crippen molar-refractivity contribution in [1.82, 2.24) is 10.2 Å². The molecule has 0 aromatic heterocycles. The molecule has 7 nitrogen and oxygen atoms in total. The fourth-order valence-corrected chi connectivity index (χ4v) is 4.57. The van der Waals surface area contributed by atoms with Crippen molar-refractivity contribution in [3.05, 3.63) is 71.4 Å². The minimum Gasteiger partial charge on any atom is -0.718 e. The average molecular weight is 528 g/mol. The second kappa shape index (κ2) is 11.2. The van der Waals surface area contributed by atoms with Gasteiger partial charge in [0.2, 0.25) is 5.91 Å². The molecule has 2 aliphatic heterocycles. The molecule has 0 saturated carbocycles. The van der Waals surface area contributed by atoms with Gasteiger partial charge in [0.1, 0.15) is 17.1 Å². The number of amides is 2. The Morgan fingerprint density at radius 2 is 1.87 bits per heavy atom. The van der Waals surface area contributed by atoms with Crippen molar-refractivity contribution in [2.24, 2.45) is 0 Å². The van der Waals surface area contributed by atoms with Gasteiger partial charge >= 0.3 is 5.97 Å². The van der Waals surface area contributed by atoms with Crippen LogP contribution in [0.5, 0.6) is 0 Å². The van der Waals surface area contributed by atoms with Crippen LogP contribution in [0.2, 0.25) is 0 Å². The number of carboxylic acids is 1. The summed E-state index contributed by atoms with van der Waals surface area (Å²) in [5.41, 5.74) is 1.20. The summed E-state index contributed by atoms with van der Waals surface area (Å²) in [7, 11) is 0. The molecule has 2 heterocycles. The van der Waals surface area contributed by atoms with Gasteiger partial charge in [-0.3, -0.25) is 20.3 Å². The topological polar surface area (TPSA) is 104 Å². The number of hydrogen-bond acceptors (Lipinski definition) is 5. The Morgan fingerprint density at radius 1 is 1.23 bits per heavy atom. The predicted molar refractivity (Wildman–Crippen MR) is 113 cm³/mol. The van der Waals surface area contributed by atoms with E-state index in [1.165, 1.54) is 16.7 Å². The van der Waals surface area contributed by atoms with E-state index in [9.17, 15) is 24.3 Å². The number of carboxylic acid groups (broad SMARTS) is 1. The summed E-state index contributed by atoms with van der Waals surface area (Å²) < 4.78 is 0. The standard InChI is InChI=1S/C17H17N2O5S.C5H5.Ru/c1-9-8-25-16-13(15(22)19(16)14(9)17(23)24)18-12(21)7-6-11(20)10-4-2-3-5-10;1-2-4-5-3-1;/h2-5,13,16H,6-8H2,1H3,(H,18,21)(H,23,24);1-5H;/q-5;-1;/t13-,16-;;/m1../s1. The molecule has 4 rings (SSSR count). The van der Waals surface area contributed by atoms with Gasteiger partial charge in [-0.15, -0.1) is 18.2 Å². The maximum atomic E-state index is 12.3. The molecular weight excluding hydrogens is 505 g/mol. The second-order valence-corrected chi connectivity index (χ2v) is 8.05. The van der Waals surface area contributed by atoms with Gasteiger partial charge < -0.3 is 45.0 Å². The summed E-state index contributed by atoms with van der Waals surface area (Å²) in [4.78, 5) is 48.8. The van der Waals surface area contributed by atoms with Gasteiger partial charge in [-0.25, -0.2) is 16.9 Å². The van der Waals surface area contributed by atoms with Crippen LogP contribution < -0.4 is 5.32 Å². The number of carbonyl (C=O) groups excluding carboxylic acids is 3. The molecule has 2 amide bonds. The van der Waals surface area contributed by atoms with E-state index in [0.29, 0.717) is 16.9 Å². The number of ketones is 1. The largest absolute Gasteiger partial charge is 0.718 e. The molecule has 0 radical (unpaired) electrons. The van der Waals surface area contributed by atoms with Crippen molar-refractivity contribution in [2.75, 3.05) is 5.75 Å². The van der Waals surface area contributed by atoms with Crippen LogP contribution in [0.4, 0.5) is 0 Å². The van der Waals surface area contributed by atoms with Crippen LogP contribution in [0.25, 0.3) is 0 Å². The summed E-state index contributed by atoms with van der Waals surface area (Å²) in [6.07, 6.45) is 0.0590. The quantitative estimate of drug-likeness (QED) is 0.259. The van der Waals surface area contributed by atoms with Crippen LogP contribution in [0.3, 0.4) is 0 Å². The first-order valence-corrected chi connectivity index (χ1v) is 10.5. The van der Waals surface area contributed by atoms with E-state index in [4.69, 9.17) is 0 Å². The van der Waals surface area contributed by atoms with Gasteiger partial charge in [-0.05, 0) is 12.5 Å². The predicted octanol–water partition coefficient (Wildman–Crippen LogP) is 2.53. The van der Waals surface area contributed by atoms with E-state index in [1.807, 2.05) is 30.3 Å². The van der Waals surface area contributed by atoms with E-state index in [1.54, 1.807) is 31.2 Å². The molecule has 170 valence electrons. The zero-order chi connectivity index (χ0) is 21.7. The molecule has 2 aliphatic rings. The van der Waals surface area contributed by atoms with E-state index in [0.717, 1.165) is 0 Å². The van der Waals surface area contributed by atoms with Gasteiger partial charge in [0.05, 0.1) is 0 Å². The third kappa shape index (κ3) is 5.80. The van der Waals surface area contributed by atoms with Gasteiger partial charge in [-0.1, -0.05) is 0 Å². The molecule has 2 atom stereocenters. The molecule has 1 fully saturated rings. The number of β-lactam (4-membered cyclic amide) rings is 1. The molecule has 0 unspecified atom stereocenters. The Kier molecular flexibility index (Phi) is 8.95. The number of nitrogens with zero attached hydrogens (tertiary/aromatic N) is 1. The molecule has 0 bridgehead atoms. The Morgan fingerprint density at radius 3 is 2.42 bits per heavy atom. The van der Waals surface area contributed by atoms with Gasteiger partial charge in [-0.2, -0.15) is 18.2 Å². The zero-order valence-electron chi connectivity index (χ0n) is 16.8. The number of hydrogen-bond donors (Lipinski definition) is 2. The Labute approximate surface area is 197 Å². The maximum absolute atomic E-state index is 12.3. The molecule has 2 aromatic carbocycles. The third-order valence-electron chi connectivity index (χ3n) is 4.80. The van der Waals surface area contributed by atoms with E-state index < -0.39 is 23.3 Å². The van der Waals surface area contributed by atoms with Gasteiger partial charge in [0.25, 0.3) is 5.91 Å². The molecule has 9 heteroatoms. The number of Topliss-reactive ketones (excluding diaryl/α,β-unsaturated/α-hetero) is 1. The molecule has 2 N–H and O–H groups in total. The first kappa shape index (κ1) is 24.8. The van der Waals surface area contributed by atoms with Crippen LogP contribution in [-0.4, -0.2) is 50.7 Å². The summed E-state index contributed by atoms with van der Waals surface area (Å²) in [6, 6.07) is 16.1. The van der Waals surface area contributed by atoms with Crippen molar-refractivity contribution in [3.63, 3.8) is 0 Å². The van der Waals surface area contributed by atoms with E-state index in [2.05, 4.69) is 5.32 Å². The number of nitrogens with one attached hydrogen (secondary N) is 1. The number of fused-ring (bicyclic) bond motifs is 1. The Balaban J connectivity index is 0.000000501. The molecular formula is C22H22N2O5RuS-6. The number of aliphatic carboxylic acids is 1. The van der Waals surface area contributed by atoms with E-state index in [-0.39, 0.29) is 49.7 Å². The Bertz CT molecular complexity index is 936. The summed E-state index contributed by atoms with van der Waals surface area (Å²) >= 11 is 1.42. The fraction of sp³-hybridized carbons (Fsp3) is 0.273. The van der Waals surface area contributed by atoms with Crippen molar-refractivity contribution in [1.29, 1.82) is 0 Å². The first-order chi connectivity index (χ1) is 14.4.